The molecule has 2 atom stereocenters. The number of nitrogens with zero attached hydrogens (tertiary/aromatic N) is 1. The van der Waals surface area contributed by atoms with Gasteiger partial charge < -0.3 is 10.1 Å². The van der Waals surface area contributed by atoms with Crippen molar-refractivity contribution in [2.75, 3.05) is 33.4 Å². The minimum Gasteiger partial charge on any atom is -0.383 e. The highest BCUT2D eigenvalue weighted by molar-refractivity contribution is 4.81. The Hall–Kier alpha value is -0.120. The Balaban J connectivity index is 2.27. The van der Waals surface area contributed by atoms with Crippen LogP contribution in [-0.2, 0) is 4.74 Å². The van der Waals surface area contributed by atoms with Crippen LogP contribution in [0.1, 0.15) is 33.6 Å². The maximum Gasteiger partial charge on any atom is 0.0615 e. The highest BCUT2D eigenvalue weighted by Crippen LogP contribution is 2.21. The molecule has 0 amide bonds. The number of likely N-dealkylation sites (tertiary alicyclic amines) is 1. The van der Waals surface area contributed by atoms with Gasteiger partial charge in [-0.25, -0.2) is 0 Å². The Bertz CT molecular complexity index is 159. The molecule has 0 spiro atoms. The molecular formula is C13H28N2O. The molecule has 3 nitrogen and oxygen atoms in total. The lowest BCUT2D eigenvalue weighted by atomic mass is 9.90. The van der Waals surface area contributed by atoms with Crippen LogP contribution >= 0.6 is 0 Å². The van der Waals surface area contributed by atoms with E-state index in [9.17, 15) is 0 Å². The summed E-state index contributed by atoms with van der Waals surface area (Å²) in [5, 5.41) is 3.54. The van der Waals surface area contributed by atoms with Gasteiger partial charge in [-0.05, 0) is 52.2 Å². The molecule has 0 aromatic carbocycles. The Kier molecular flexibility index (Phi) is 6.32. The summed E-state index contributed by atoms with van der Waals surface area (Å²) in [6, 6.07) is 1.24. The molecule has 1 aliphatic heterocycles. The fourth-order valence-corrected chi connectivity index (χ4v) is 2.70. The van der Waals surface area contributed by atoms with E-state index in [1.54, 1.807) is 7.11 Å². The zero-order chi connectivity index (χ0) is 12.0. The molecule has 0 bridgehead atoms. The van der Waals surface area contributed by atoms with Crippen molar-refractivity contribution in [2.45, 2.75) is 45.7 Å². The first kappa shape index (κ1) is 13.9. The largest absolute Gasteiger partial charge is 0.383 e. The van der Waals surface area contributed by atoms with Crippen LogP contribution in [0.25, 0.3) is 0 Å². The number of methoxy groups -OCH3 is 1. The lowest BCUT2D eigenvalue weighted by Crippen LogP contribution is -2.46. The molecule has 0 saturated carbocycles. The third-order valence-electron chi connectivity index (χ3n) is 3.84. The number of hydrogen-bond donors (Lipinski definition) is 1. The van der Waals surface area contributed by atoms with Crippen molar-refractivity contribution in [3.63, 3.8) is 0 Å². The molecule has 1 N–H and O–H groups in total. The minimum absolute atomic E-state index is 0.570. The predicted molar refractivity (Wildman–Crippen MR) is 68.8 cm³/mol. The SMILES string of the molecule is CCNC(C)C1CCN(C(C)COC)CC1. The maximum absolute atomic E-state index is 5.22. The second-order valence-corrected chi connectivity index (χ2v) is 5.02. The number of ether oxygens (including phenoxy) is 1. The highest BCUT2D eigenvalue weighted by atomic mass is 16.5. The van der Waals surface area contributed by atoms with E-state index in [-0.39, 0.29) is 0 Å². The Morgan fingerprint density at radius 2 is 1.94 bits per heavy atom. The fraction of sp³-hybridized carbons (Fsp3) is 1.00. The maximum atomic E-state index is 5.22. The van der Waals surface area contributed by atoms with Gasteiger partial charge in [0.05, 0.1) is 6.61 Å². The van der Waals surface area contributed by atoms with Crippen LogP contribution in [0.4, 0.5) is 0 Å². The van der Waals surface area contributed by atoms with Gasteiger partial charge in [0.25, 0.3) is 0 Å². The van der Waals surface area contributed by atoms with E-state index in [0.717, 1.165) is 19.1 Å². The van der Waals surface area contributed by atoms with Crippen molar-refractivity contribution in [1.29, 1.82) is 0 Å². The van der Waals surface area contributed by atoms with Gasteiger partial charge in [-0.1, -0.05) is 6.92 Å². The number of nitrogens with one attached hydrogen (secondary N) is 1. The van der Waals surface area contributed by atoms with Gasteiger partial charge in [0, 0.05) is 19.2 Å². The minimum atomic E-state index is 0.570. The second-order valence-electron chi connectivity index (χ2n) is 5.02. The van der Waals surface area contributed by atoms with Crippen LogP contribution < -0.4 is 5.32 Å². The second kappa shape index (κ2) is 7.25. The molecule has 1 saturated heterocycles. The van der Waals surface area contributed by atoms with Crippen LogP contribution in [0, 0.1) is 5.92 Å². The Morgan fingerprint density at radius 1 is 1.31 bits per heavy atom. The quantitative estimate of drug-likeness (QED) is 0.749. The van der Waals surface area contributed by atoms with E-state index in [1.807, 2.05) is 0 Å². The monoisotopic (exact) mass is 228 g/mol. The molecule has 16 heavy (non-hydrogen) atoms. The molecule has 0 radical (unpaired) electrons. The van der Waals surface area contributed by atoms with Crippen molar-refractivity contribution in [3.8, 4) is 0 Å². The van der Waals surface area contributed by atoms with E-state index >= 15 is 0 Å². The number of hydrogen-bond acceptors (Lipinski definition) is 3. The van der Waals surface area contributed by atoms with E-state index in [4.69, 9.17) is 4.74 Å². The van der Waals surface area contributed by atoms with E-state index < -0.39 is 0 Å². The van der Waals surface area contributed by atoms with Gasteiger partial charge >= 0.3 is 0 Å². The standard InChI is InChI=1S/C13H28N2O/c1-5-14-12(3)13-6-8-15(9-7-13)11(2)10-16-4/h11-14H,5-10H2,1-4H3. The van der Waals surface area contributed by atoms with Gasteiger partial charge in [0.1, 0.15) is 0 Å². The van der Waals surface area contributed by atoms with Crippen LogP contribution in [0.2, 0.25) is 0 Å². The first-order valence-corrected chi connectivity index (χ1v) is 6.65. The number of piperidine rings is 1. The third-order valence-corrected chi connectivity index (χ3v) is 3.84. The molecule has 96 valence electrons. The molecule has 1 heterocycles. The summed E-state index contributed by atoms with van der Waals surface area (Å²) >= 11 is 0. The van der Waals surface area contributed by atoms with Gasteiger partial charge in [0.15, 0.2) is 0 Å². The normalized spacial score (nSPS) is 23.2. The predicted octanol–water partition coefficient (Wildman–Crippen LogP) is 1.73. The molecular weight excluding hydrogens is 200 g/mol. The topological polar surface area (TPSA) is 24.5 Å². The fourth-order valence-electron chi connectivity index (χ4n) is 2.70. The summed E-state index contributed by atoms with van der Waals surface area (Å²) in [4.78, 5) is 2.55. The molecule has 1 rings (SSSR count). The van der Waals surface area contributed by atoms with Crippen molar-refractivity contribution < 1.29 is 4.74 Å². The number of rotatable bonds is 6. The van der Waals surface area contributed by atoms with E-state index in [1.165, 1.54) is 25.9 Å². The summed E-state index contributed by atoms with van der Waals surface area (Å²) in [6.07, 6.45) is 2.64. The lowest BCUT2D eigenvalue weighted by Gasteiger charge is -2.38. The Morgan fingerprint density at radius 3 is 2.44 bits per heavy atom. The molecule has 0 aromatic heterocycles. The van der Waals surface area contributed by atoms with E-state index in [0.29, 0.717) is 12.1 Å². The van der Waals surface area contributed by atoms with Gasteiger partial charge in [-0.3, -0.25) is 4.90 Å². The highest BCUT2D eigenvalue weighted by Gasteiger charge is 2.25. The van der Waals surface area contributed by atoms with Crippen LogP contribution in [0.5, 0.6) is 0 Å². The zero-order valence-electron chi connectivity index (χ0n) is 11.3. The zero-order valence-corrected chi connectivity index (χ0v) is 11.3. The van der Waals surface area contributed by atoms with Crippen LogP contribution in [0.3, 0.4) is 0 Å². The third kappa shape index (κ3) is 4.04. The van der Waals surface area contributed by atoms with Crippen molar-refractivity contribution in [2.24, 2.45) is 5.92 Å². The smallest absolute Gasteiger partial charge is 0.0615 e. The first-order valence-electron chi connectivity index (χ1n) is 6.65. The summed E-state index contributed by atoms with van der Waals surface area (Å²) in [6.45, 7) is 11.2. The van der Waals surface area contributed by atoms with Gasteiger partial charge in [-0.15, -0.1) is 0 Å². The average Bonchev–Trinajstić information content (AvgIpc) is 2.30. The molecule has 0 aromatic rings. The molecule has 2 unspecified atom stereocenters. The lowest BCUT2D eigenvalue weighted by molar-refractivity contribution is 0.0683. The molecule has 1 aliphatic rings. The van der Waals surface area contributed by atoms with E-state index in [2.05, 4.69) is 31.0 Å². The average molecular weight is 228 g/mol. The van der Waals surface area contributed by atoms with Crippen molar-refractivity contribution in [1.82, 2.24) is 10.2 Å². The van der Waals surface area contributed by atoms with Crippen molar-refractivity contribution >= 4 is 0 Å². The Labute approximate surface area is 101 Å². The van der Waals surface area contributed by atoms with Gasteiger partial charge in [-0.2, -0.15) is 0 Å². The summed E-state index contributed by atoms with van der Waals surface area (Å²) < 4.78 is 5.22. The summed E-state index contributed by atoms with van der Waals surface area (Å²) in [7, 11) is 1.79. The summed E-state index contributed by atoms with van der Waals surface area (Å²) in [5.41, 5.74) is 0. The van der Waals surface area contributed by atoms with Crippen LogP contribution in [-0.4, -0.2) is 50.3 Å². The molecule has 3 heteroatoms. The van der Waals surface area contributed by atoms with Gasteiger partial charge in [0.2, 0.25) is 0 Å². The van der Waals surface area contributed by atoms with Crippen molar-refractivity contribution in [3.05, 3.63) is 0 Å². The molecule has 1 fully saturated rings. The van der Waals surface area contributed by atoms with Crippen LogP contribution in [0.15, 0.2) is 0 Å². The molecule has 0 aliphatic carbocycles. The summed E-state index contributed by atoms with van der Waals surface area (Å²) in [5.74, 6) is 0.853. The first-order chi connectivity index (χ1) is 7.69.